The van der Waals surface area contributed by atoms with Crippen molar-refractivity contribution in [2.75, 3.05) is 0 Å². The minimum absolute atomic E-state index is 0.0604. The maximum Gasteiger partial charge on any atom is 0.0748 e. The molecule has 18 heavy (non-hydrogen) atoms. The highest BCUT2D eigenvalue weighted by Gasteiger charge is 2.20. The fraction of sp³-hybridized carbons (Fsp3) is 0.333. The number of hydrogen-bond acceptors (Lipinski definition) is 5. The van der Waals surface area contributed by atoms with E-state index >= 15 is 0 Å². The van der Waals surface area contributed by atoms with Crippen molar-refractivity contribution in [2.45, 2.75) is 26.3 Å². The number of nitrogens with one attached hydrogen (secondary N) is 1. The molecule has 0 fully saturated rings. The maximum absolute atomic E-state index is 5.72. The lowest BCUT2D eigenvalue weighted by Crippen LogP contribution is -2.30. The van der Waals surface area contributed by atoms with Crippen LogP contribution < -0.4 is 11.3 Å². The molecule has 0 aliphatic rings. The molecular weight excluding hydrogens is 312 g/mol. The molecule has 0 saturated carbocycles. The zero-order chi connectivity index (χ0) is 13.1. The average Bonchev–Trinajstić information content (AvgIpc) is 2.77. The third-order valence-corrected chi connectivity index (χ3v) is 4.54. The van der Waals surface area contributed by atoms with Gasteiger partial charge < -0.3 is 0 Å². The number of nitrogens with zero attached hydrogens (tertiary/aromatic N) is 2. The van der Waals surface area contributed by atoms with Gasteiger partial charge in [-0.15, -0.1) is 0 Å². The summed E-state index contributed by atoms with van der Waals surface area (Å²) >= 11 is 5.19. The van der Waals surface area contributed by atoms with Gasteiger partial charge in [0, 0.05) is 15.4 Å². The largest absolute Gasteiger partial charge is 0.271 e. The SMILES string of the molecule is CCc1nnc(C)cc1C(NN)c1cscc1Br. The summed E-state index contributed by atoms with van der Waals surface area (Å²) < 4.78 is 1.06. The first-order chi connectivity index (χ1) is 8.67. The second kappa shape index (κ2) is 5.88. The minimum Gasteiger partial charge on any atom is -0.271 e. The zero-order valence-electron chi connectivity index (χ0n) is 10.3. The van der Waals surface area contributed by atoms with Gasteiger partial charge in [0.2, 0.25) is 0 Å². The lowest BCUT2D eigenvalue weighted by molar-refractivity contribution is 0.621. The van der Waals surface area contributed by atoms with Crippen LogP contribution in [-0.4, -0.2) is 10.2 Å². The second-order valence-corrected chi connectivity index (χ2v) is 5.61. The molecule has 0 radical (unpaired) electrons. The molecule has 1 atom stereocenters. The lowest BCUT2D eigenvalue weighted by Gasteiger charge is -2.18. The number of nitrogens with two attached hydrogens (primary N) is 1. The highest BCUT2D eigenvalue weighted by Crippen LogP contribution is 2.32. The molecule has 0 amide bonds. The van der Waals surface area contributed by atoms with Crippen LogP contribution in [0.1, 0.15) is 35.5 Å². The predicted octanol–water partition coefficient (Wildman–Crippen LogP) is 2.72. The first kappa shape index (κ1) is 13.6. The summed E-state index contributed by atoms with van der Waals surface area (Å²) in [5.41, 5.74) is 6.96. The van der Waals surface area contributed by atoms with E-state index in [9.17, 15) is 0 Å². The molecule has 96 valence electrons. The molecule has 1 unspecified atom stereocenters. The van der Waals surface area contributed by atoms with Crippen molar-refractivity contribution in [1.29, 1.82) is 0 Å². The van der Waals surface area contributed by atoms with E-state index in [-0.39, 0.29) is 6.04 Å². The molecule has 0 bridgehead atoms. The van der Waals surface area contributed by atoms with E-state index in [1.165, 1.54) is 0 Å². The van der Waals surface area contributed by atoms with E-state index in [0.717, 1.165) is 33.4 Å². The fourth-order valence-electron chi connectivity index (χ4n) is 1.90. The molecule has 0 aliphatic heterocycles. The van der Waals surface area contributed by atoms with E-state index in [2.05, 4.69) is 43.9 Å². The summed E-state index contributed by atoms with van der Waals surface area (Å²) in [6, 6.07) is 1.98. The number of hydrazine groups is 1. The van der Waals surface area contributed by atoms with E-state index in [1.54, 1.807) is 11.3 Å². The van der Waals surface area contributed by atoms with Gasteiger partial charge in [-0.1, -0.05) is 6.92 Å². The number of aryl methyl sites for hydroxylation is 2. The first-order valence-corrected chi connectivity index (χ1v) is 7.41. The van der Waals surface area contributed by atoms with Crippen LogP contribution in [0.25, 0.3) is 0 Å². The Morgan fingerprint density at radius 3 is 2.72 bits per heavy atom. The highest BCUT2D eigenvalue weighted by atomic mass is 79.9. The lowest BCUT2D eigenvalue weighted by atomic mass is 9.99. The Labute approximate surface area is 119 Å². The van der Waals surface area contributed by atoms with Gasteiger partial charge >= 0.3 is 0 Å². The van der Waals surface area contributed by atoms with Gasteiger partial charge in [0.1, 0.15) is 0 Å². The number of aromatic nitrogens is 2. The summed E-state index contributed by atoms with van der Waals surface area (Å²) in [5.74, 6) is 5.72. The van der Waals surface area contributed by atoms with Crippen molar-refractivity contribution < 1.29 is 0 Å². The molecule has 3 N–H and O–H groups in total. The molecule has 2 heterocycles. The Morgan fingerprint density at radius 1 is 1.39 bits per heavy atom. The molecule has 2 rings (SSSR count). The molecule has 0 aliphatic carbocycles. The Hall–Kier alpha value is -0.820. The summed E-state index contributed by atoms with van der Waals surface area (Å²) in [6.45, 7) is 4.01. The smallest absolute Gasteiger partial charge is 0.0748 e. The van der Waals surface area contributed by atoms with Crippen molar-refractivity contribution in [3.8, 4) is 0 Å². The quantitative estimate of drug-likeness (QED) is 0.669. The molecule has 2 aromatic heterocycles. The van der Waals surface area contributed by atoms with Crippen molar-refractivity contribution in [3.63, 3.8) is 0 Å². The third-order valence-electron chi connectivity index (χ3n) is 2.79. The monoisotopic (exact) mass is 326 g/mol. The molecular formula is C12H15BrN4S. The van der Waals surface area contributed by atoms with E-state index in [4.69, 9.17) is 5.84 Å². The minimum atomic E-state index is -0.0604. The zero-order valence-corrected chi connectivity index (χ0v) is 12.7. The van der Waals surface area contributed by atoms with E-state index < -0.39 is 0 Å². The van der Waals surface area contributed by atoms with Crippen LogP contribution in [0.3, 0.4) is 0 Å². The Balaban J connectivity index is 2.51. The van der Waals surface area contributed by atoms with Gasteiger partial charge in [-0.2, -0.15) is 21.5 Å². The van der Waals surface area contributed by atoms with Gasteiger partial charge in [-0.25, -0.2) is 5.43 Å². The van der Waals surface area contributed by atoms with Crippen LogP contribution in [0.15, 0.2) is 21.3 Å². The molecule has 6 heteroatoms. The predicted molar refractivity (Wildman–Crippen MR) is 77.3 cm³/mol. The van der Waals surface area contributed by atoms with Crippen LogP contribution in [0.5, 0.6) is 0 Å². The summed E-state index contributed by atoms with van der Waals surface area (Å²) in [4.78, 5) is 0. The van der Waals surface area contributed by atoms with Crippen molar-refractivity contribution in [2.24, 2.45) is 5.84 Å². The third kappa shape index (κ3) is 2.61. The van der Waals surface area contributed by atoms with E-state index in [1.807, 2.05) is 18.4 Å². The van der Waals surface area contributed by atoms with E-state index in [0.29, 0.717) is 0 Å². The highest BCUT2D eigenvalue weighted by molar-refractivity contribution is 9.10. The Morgan fingerprint density at radius 2 is 2.17 bits per heavy atom. The van der Waals surface area contributed by atoms with Gasteiger partial charge in [0.15, 0.2) is 0 Å². The summed E-state index contributed by atoms with van der Waals surface area (Å²) in [7, 11) is 0. The summed E-state index contributed by atoms with van der Waals surface area (Å²) in [5, 5.41) is 12.5. The second-order valence-electron chi connectivity index (χ2n) is 4.02. The molecule has 2 aromatic rings. The standard InChI is InChI=1S/C12H15BrN4S/c1-3-11-8(4-7(2)16-17-11)12(15-14)9-5-18-6-10(9)13/h4-6,12,15H,3,14H2,1-2H3. The first-order valence-electron chi connectivity index (χ1n) is 5.68. The average molecular weight is 327 g/mol. The summed E-state index contributed by atoms with van der Waals surface area (Å²) in [6.07, 6.45) is 0.836. The number of thiophene rings is 1. The van der Waals surface area contributed by atoms with Gasteiger partial charge in [0.25, 0.3) is 0 Å². The van der Waals surface area contributed by atoms with Gasteiger partial charge in [-0.3, -0.25) is 5.84 Å². The van der Waals surface area contributed by atoms with Crippen molar-refractivity contribution in [1.82, 2.24) is 15.6 Å². The molecule has 0 saturated heterocycles. The molecule has 0 spiro atoms. The van der Waals surface area contributed by atoms with Crippen LogP contribution in [0.2, 0.25) is 0 Å². The van der Waals surface area contributed by atoms with Crippen LogP contribution in [0, 0.1) is 6.92 Å². The van der Waals surface area contributed by atoms with Crippen molar-refractivity contribution >= 4 is 27.3 Å². The van der Waals surface area contributed by atoms with Crippen LogP contribution in [0.4, 0.5) is 0 Å². The fourth-order valence-corrected chi connectivity index (χ4v) is 3.46. The van der Waals surface area contributed by atoms with Crippen molar-refractivity contribution in [3.05, 3.63) is 43.8 Å². The Bertz CT molecular complexity index is 541. The van der Waals surface area contributed by atoms with Crippen LogP contribution >= 0.6 is 27.3 Å². The number of rotatable bonds is 4. The Kier molecular flexibility index (Phi) is 4.45. The molecule has 4 nitrogen and oxygen atoms in total. The van der Waals surface area contributed by atoms with Crippen LogP contribution in [-0.2, 0) is 6.42 Å². The number of halogens is 1. The normalized spacial score (nSPS) is 12.7. The van der Waals surface area contributed by atoms with Gasteiger partial charge in [-0.05, 0) is 46.3 Å². The maximum atomic E-state index is 5.72. The molecule has 0 aromatic carbocycles. The number of hydrogen-bond donors (Lipinski definition) is 2. The topological polar surface area (TPSA) is 63.8 Å². The van der Waals surface area contributed by atoms with Gasteiger partial charge in [0.05, 0.1) is 17.4 Å².